The van der Waals surface area contributed by atoms with Crippen molar-refractivity contribution in [3.63, 3.8) is 0 Å². The lowest BCUT2D eigenvalue weighted by atomic mass is 10.3. The molecule has 0 bridgehead atoms. The van der Waals surface area contributed by atoms with Gasteiger partial charge in [0.05, 0.1) is 11.8 Å². The molecule has 0 aliphatic heterocycles. The van der Waals surface area contributed by atoms with Crippen LogP contribution in [0.5, 0.6) is 5.88 Å². The molecule has 15 heavy (non-hydrogen) atoms. The van der Waals surface area contributed by atoms with Gasteiger partial charge in [0.2, 0.25) is 5.88 Å². The van der Waals surface area contributed by atoms with Crippen LogP contribution in [0.15, 0.2) is 12.1 Å². The molecule has 0 saturated heterocycles. The van der Waals surface area contributed by atoms with E-state index in [1.165, 1.54) is 0 Å². The lowest BCUT2D eigenvalue weighted by Crippen LogP contribution is -2.14. The van der Waals surface area contributed by atoms with Crippen LogP contribution in [0, 0.1) is 0 Å². The van der Waals surface area contributed by atoms with Crippen molar-refractivity contribution in [2.24, 2.45) is 0 Å². The maximum Gasteiger partial charge on any atom is 0.233 e. The van der Waals surface area contributed by atoms with Crippen LogP contribution in [0.2, 0.25) is 0 Å². The first-order valence-corrected chi connectivity index (χ1v) is 5.46. The molecule has 0 radical (unpaired) electrons. The summed E-state index contributed by atoms with van der Waals surface area (Å²) in [5.74, 6) is 0.601. The molecule has 1 aromatic heterocycles. The third kappa shape index (κ3) is 4.25. The van der Waals surface area contributed by atoms with Gasteiger partial charge in [0.25, 0.3) is 0 Å². The zero-order valence-electron chi connectivity index (χ0n) is 9.66. The molecule has 0 fully saturated rings. The van der Waals surface area contributed by atoms with Crippen LogP contribution >= 0.6 is 0 Å². The molecular formula is C11H19N3O. The van der Waals surface area contributed by atoms with E-state index in [0.29, 0.717) is 5.88 Å². The number of rotatable bonds is 6. The van der Waals surface area contributed by atoms with Crippen LogP contribution in [-0.2, 0) is 6.54 Å². The Balaban J connectivity index is 2.48. The van der Waals surface area contributed by atoms with E-state index in [0.717, 1.165) is 25.2 Å². The average molecular weight is 209 g/mol. The van der Waals surface area contributed by atoms with Crippen LogP contribution in [0.1, 0.15) is 32.9 Å². The molecule has 0 aliphatic rings. The molecule has 0 spiro atoms. The highest BCUT2D eigenvalue weighted by Crippen LogP contribution is 2.08. The van der Waals surface area contributed by atoms with Gasteiger partial charge >= 0.3 is 0 Å². The predicted molar refractivity (Wildman–Crippen MR) is 59.8 cm³/mol. The van der Waals surface area contributed by atoms with Crippen LogP contribution in [0.3, 0.4) is 0 Å². The molecule has 0 aromatic carbocycles. The van der Waals surface area contributed by atoms with E-state index in [9.17, 15) is 0 Å². The summed E-state index contributed by atoms with van der Waals surface area (Å²) in [7, 11) is 0. The predicted octanol–water partition coefficient (Wildman–Crippen LogP) is 1.76. The Morgan fingerprint density at radius 3 is 2.67 bits per heavy atom. The Labute approximate surface area is 91.1 Å². The average Bonchev–Trinajstić information content (AvgIpc) is 2.28. The largest absolute Gasteiger partial charge is 0.474 e. The molecule has 1 heterocycles. The smallest absolute Gasteiger partial charge is 0.233 e. The zero-order valence-corrected chi connectivity index (χ0v) is 9.66. The number of nitrogens with one attached hydrogen (secondary N) is 1. The van der Waals surface area contributed by atoms with E-state index in [4.69, 9.17) is 4.74 Å². The summed E-state index contributed by atoms with van der Waals surface area (Å²) in [5, 5.41) is 11.3. The Morgan fingerprint density at radius 2 is 2.13 bits per heavy atom. The molecule has 1 rings (SSSR count). The van der Waals surface area contributed by atoms with Crippen LogP contribution < -0.4 is 10.1 Å². The van der Waals surface area contributed by atoms with E-state index in [2.05, 4.69) is 29.4 Å². The number of hydrogen-bond acceptors (Lipinski definition) is 4. The number of nitrogens with zero attached hydrogens (tertiary/aromatic N) is 2. The summed E-state index contributed by atoms with van der Waals surface area (Å²) >= 11 is 0. The molecule has 0 saturated carbocycles. The molecule has 1 unspecified atom stereocenters. The summed E-state index contributed by atoms with van der Waals surface area (Å²) in [6.07, 6.45) is 1.17. The van der Waals surface area contributed by atoms with Crippen molar-refractivity contribution < 1.29 is 4.74 Å². The molecular weight excluding hydrogens is 190 g/mol. The van der Waals surface area contributed by atoms with Crippen LogP contribution in [-0.4, -0.2) is 22.8 Å². The van der Waals surface area contributed by atoms with Gasteiger partial charge in [-0.3, -0.25) is 0 Å². The van der Waals surface area contributed by atoms with Crippen molar-refractivity contribution in [2.45, 2.75) is 39.8 Å². The second-order valence-corrected chi connectivity index (χ2v) is 3.48. The maximum absolute atomic E-state index is 5.53. The molecule has 1 atom stereocenters. The first-order chi connectivity index (χ1) is 7.26. The van der Waals surface area contributed by atoms with E-state index in [1.807, 2.05) is 19.1 Å². The Morgan fingerprint density at radius 1 is 1.33 bits per heavy atom. The minimum Gasteiger partial charge on any atom is -0.474 e. The molecule has 1 N–H and O–H groups in total. The summed E-state index contributed by atoms with van der Waals surface area (Å²) in [5.41, 5.74) is 0.938. The Kier molecular flexibility index (Phi) is 5.04. The van der Waals surface area contributed by atoms with Crippen molar-refractivity contribution in [3.05, 3.63) is 17.8 Å². The fraction of sp³-hybridized carbons (Fsp3) is 0.636. The Bertz CT molecular complexity index is 274. The fourth-order valence-corrected chi connectivity index (χ4v) is 1.05. The lowest BCUT2D eigenvalue weighted by Gasteiger charge is -2.10. The van der Waals surface area contributed by atoms with Crippen LogP contribution in [0.25, 0.3) is 0 Å². The third-order valence-corrected chi connectivity index (χ3v) is 2.15. The second kappa shape index (κ2) is 6.35. The highest BCUT2D eigenvalue weighted by Gasteiger charge is 2.02. The van der Waals surface area contributed by atoms with Crippen molar-refractivity contribution in [2.75, 3.05) is 6.54 Å². The van der Waals surface area contributed by atoms with Gasteiger partial charge in [0, 0.05) is 12.6 Å². The van der Waals surface area contributed by atoms with Crippen molar-refractivity contribution >= 4 is 0 Å². The first-order valence-electron chi connectivity index (χ1n) is 5.46. The van der Waals surface area contributed by atoms with E-state index in [1.54, 1.807) is 0 Å². The van der Waals surface area contributed by atoms with Gasteiger partial charge in [-0.2, -0.15) is 5.10 Å². The molecule has 4 heteroatoms. The highest BCUT2D eigenvalue weighted by atomic mass is 16.5. The number of aromatic nitrogens is 2. The van der Waals surface area contributed by atoms with Gasteiger partial charge in [-0.05, 0) is 26.0 Å². The molecule has 0 amide bonds. The fourth-order valence-electron chi connectivity index (χ4n) is 1.05. The normalized spacial score (nSPS) is 12.5. The molecule has 84 valence electrons. The number of hydrogen-bond donors (Lipinski definition) is 1. The standard InChI is InChI=1S/C11H19N3O/c1-4-9(3)15-11-7-6-10(13-14-11)8-12-5-2/h6-7,9,12H,4-5,8H2,1-3H3. The molecule has 1 aromatic rings. The summed E-state index contributed by atoms with van der Waals surface area (Å²) < 4.78 is 5.53. The van der Waals surface area contributed by atoms with Crippen molar-refractivity contribution in [1.29, 1.82) is 0 Å². The topological polar surface area (TPSA) is 47.0 Å². The van der Waals surface area contributed by atoms with Crippen molar-refractivity contribution in [3.8, 4) is 5.88 Å². The highest BCUT2D eigenvalue weighted by molar-refractivity contribution is 5.11. The zero-order chi connectivity index (χ0) is 11.1. The third-order valence-electron chi connectivity index (χ3n) is 2.15. The minimum absolute atomic E-state index is 0.193. The van der Waals surface area contributed by atoms with Gasteiger partial charge in [-0.15, -0.1) is 5.10 Å². The van der Waals surface area contributed by atoms with Gasteiger partial charge in [0.15, 0.2) is 0 Å². The summed E-state index contributed by atoms with van der Waals surface area (Å²) in [4.78, 5) is 0. The van der Waals surface area contributed by atoms with Gasteiger partial charge < -0.3 is 10.1 Å². The van der Waals surface area contributed by atoms with Crippen molar-refractivity contribution in [1.82, 2.24) is 15.5 Å². The van der Waals surface area contributed by atoms with Crippen LogP contribution in [0.4, 0.5) is 0 Å². The summed E-state index contributed by atoms with van der Waals surface area (Å²) in [6, 6.07) is 3.80. The second-order valence-electron chi connectivity index (χ2n) is 3.48. The van der Waals surface area contributed by atoms with Gasteiger partial charge in [-0.25, -0.2) is 0 Å². The summed E-state index contributed by atoms with van der Waals surface area (Å²) in [6.45, 7) is 7.86. The Hall–Kier alpha value is -1.16. The quantitative estimate of drug-likeness (QED) is 0.775. The molecule has 4 nitrogen and oxygen atoms in total. The monoisotopic (exact) mass is 209 g/mol. The van der Waals surface area contributed by atoms with Gasteiger partial charge in [-0.1, -0.05) is 13.8 Å². The SMILES string of the molecule is CCNCc1ccc(OC(C)CC)nn1. The van der Waals surface area contributed by atoms with Gasteiger partial charge in [0.1, 0.15) is 0 Å². The van der Waals surface area contributed by atoms with E-state index >= 15 is 0 Å². The minimum atomic E-state index is 0.193. The van der Waals surface area contributed by atoms with E-state index < -0.39 is 0 Å². The maximum atomic E-state index is 5.53. The molecule has 0 aliphatic carbocycles. The lowest BCUT2D eigenvalue weighted by molar-refractivity contribution is 0.206. The van der Waals surface area contributed by atoms with E-state index in [-0.39, 0.29) is 6.10 Å². The first kappa shape index (κ1) is 11.9. The number of ether oxygens (including phenoxy) is 1.